The van der Waals surface area contributed by atoms with Crippen LogP contribution in [0.25, 0.3) is 11.0 Å². The number of hydrogen-bond acceptors (Lipinski definition) is 3. The van der Waals surface area contributed by atoms with Gasteiger partial charge in [0.05, 0.1) is 0 Å². The third-order valence-electron chi connectivity index (χ3n) is 3.04. The molecule has 0 aliphatic heterocycles. The Balaban J connectivity index is 1.98. The minimum atomic E-state index is -0.727. The van der Waals surface area contributed by atoms with Crippen LogP contribution in [0.4, 0.5) is 10.1 Å². The second-order valence-electron chi connectivity index (χ2n) is 4.59. The van der Waals surface area contributed by atoms with Crippen molar-refractivity contribution in [3.8, 4) is 0 Å². The van der Waals surface area contributed by atoms with Crippen molar-refractivity contribution >= 4 is 38.5 Å². The highest BCUT2D eigenvalue weighted by Crippen LogP contribution is 2.19. The maximum Gasteiger partial charge on any atom is 0.349 e. The summed E-state index contributed by atoms with van der Waals surface area (Å²) in [6, 6.07) is 11.8. The van der Waals surface area contributed by atoms with Gasteiger partial charge in [-0.3, -0.25) is 4.79 Å². The molecule has 1 heterocycles. The van der Waals surface area contributed by atoms with Gasteiger partial charge in [0.2, 0.25) is 0 Å². The first-order valence-electron chi connectivity index (χ1n) is 6.33. The zero-order chi connectivity index (χ0) is 15.7. The van der Waals surface area contributed by atoms with Crippen molar-refractivity contribution in [3.05, 3.63) is 74.8 Å². The van der Waals surface area contributed by atoms with Gasteiger partial charge in [-0.15, -0.1) is 0 Å². The lowest BCUT2D eigenvalue weighted by Crippen LogP contribution is -2.20. The molecule has 0 saturated heterocycles. The highest BCUT2D eigenvalue weighted by molar-refractivity contribution is 9.10. The highest BCUT2D eigenvalue weighted by atomic mass is 79.9. The maximum atomic E-state index is 12.8. The molecule has 2 aromatic carbocycles. The molecule has 0 atom stereocenters. The molecule has 1 N–H and O–H groups in total. The standard InChI is InChI=1S/C16H9BrFNO3/c17-10-1-6-14-9(7-10)8-13(16(21)22-14)15(20)19-12-4-2-11(18)3-5-12/h1-8H,(H,19,20). The number of benzene rings is 2. The number of anilines is 1. The number of halogens is 2. The van der Waals surface area contributed by atoms with Crippen LogP contribution in [0.2, 0.25) is 0 Å². The molecule has 0 bridgehead atoms. The Hall–Kier alpha value is -2.47. The Bertz CT molecular complexity index is 919. The quantitative estimate of drug-likeness (QED) is 0.703. The van der Waals surface area contributed by atoms with E-state index in [9.17, 15) is 14.0 Å². The average molecular weight is 362 g/mol. The van der Waals surface area contributed by atoms with Crippen LogP contribution in [-0.2, 0) is 0 Å². The summed E-state index contributed by atoms with van der Waals surface area (Å²) in [5.41, 5.74) is -0.0592. The van der Waals surface area contributed by atoms with Crippen LogP contribution in [0.15, 0.2) is 62.2 Å². The number of carbonyl (C=O) groups excluding carboxylic acids is 1. The zero-order valence-corrected chi connectivity index (χ0v) is 12.7. The largest absolute Gasteiger partial charge is 0.422 e. The fourth-order valence-corrected chi connectivity index (χ4v) is 2.36. The van der Waals surface area contributed by atoms with Crippen molar-refractivity contribution in [1.29, 1.82) is 0 Å². The van der Waals surface area contributed by atoms with Crippen LogP contribution in [0, 0.1) is 5.82 Å². The van der Waals surface area contributed by atoms with Gasteiger partial charge in [-0.1, -0.05) is 15.9 Å². The van der Waals surface area contributed by atoms with Crippen molar-refractivity contribution in [3.63, 3.8) is 0 Å². The zero-order valence-electron chi connectivity index (χ0n) is 11.1. The monoisotopic (exact) mass is 361 g/mol. The van der Waals surface area contributed by atoms with Crippen LogP contribution in [-0.4, -0.2) is 5.91 Å². The third-order valence-corrected chi connectivity index (χ3v) is 3.53. The first-order valence-corrected chi connectivity index (χ1v) is 7.12. The molecular weight excluding hydrogens is 353 g/mol. The molecule has 1 amide bonds. The lowest BCUT2D eigenvalue weighted by molar-refractivity contribution is 0.102. The molecule has 1 aromatic heterocycles. The van der Waals surface area contributed by atoms with E-state index in [2.05, 4.69) is 21.2 Å². The highest BCUT2D eigenvalue weighted by Gasteiger charge is 2.14. The molecule has 22 heavy (non-hydrogen) atoms. The Morgan fingerprint density at radius 2 is 1.82 bits per heavy atom. The van der Waals surface area contributed by atoms with Crippen LogP contribution in [0.5, 0.6) is 0 Å². The summed E-state index contributed by atoms with van der Waals surface area (Å²) in [6.45, 7) is 0. The van der Waals surface area contributed by atoms with E-state index in [-0.39, 0.29) is 5.56 Å². The molecule has 0 aliphatic carbocycles. The first kappa shape index (κ1) is 14.5. The van der Waals surface area contributed by atoms with Crippen LogP contribution in [0.3, 0.4) is 0 Å². The van der Waals surface area contributed by atoms with Gasteiger partial charge in [0.15, 0.2) is 0 Å². The molecule has 0 fully saturated rings. The average Bonchev–Trinajstić information content (AvgIpc) is 2.49. The van der Waals surface area contributed by atoms with Gasteiger partial charge in [0.25, 0.3) is 5.91 Å². The summed E-state index contributed by atoms with van der Waals surface area (Å²) in [4.78, 5) is 24.1. The SMILES string of the molecule is O=C(Nc1ccc(F)cc1)c1cc2cc(Br)ccc2oc1=O. The Morgan fingerprint density at radius 3 is 2.55 bits per heavy atom. The number of carbonyl (C=O) groups is 1. The molecular formula is C16H9BrFNO3. The first-order chi connectivity index (χ1) is 10.5. The molecule has 0 aliphatic rings. The van der Waals surface area contributed by atoms with E-state index in [1.165, 1.54) is 30.3 Å². The Morgan fingerprint density at radius 1 is 1.09 bits per heavy atom. The number of rotatable bonds is 2. The molecule has 0 spiro atoms. The number of fused-ring (bicyclic) bond motifs is 1. The molecule has 3 aromatic rings. The second kappa shape index (κ2) is 5.73. The van der Waals surface area contributed by atoms with Crippen molar-refractivity contribution in [1.82, 2.24) is 0 Å². The van der Waals surface area contributed by atoms with Gasteiger partial charge in [0.1, 0.15) is 17.0 Å². The normalized spacial score (nSPS) is 10.6. The molecule has 3 rings (SSSR count). The van der Waals surface area contributed by atoms with Crippen LogP contribution in [0.1, 0.15) is 10.4 Å². The van der Waals surface area contributed by atoms with E-state index in [0.29, 0.717) is 16.7 Å². The lowest BCUT2D eigenvalue weighted by Gasteiger charge is -2.05. The Labute approximate surface area is 132 Å². The van der Waals surface area contributed by atoms with Crippen LogP contribution >= 0.6 is 15.9 Å². The number of hydrogen-bond donors (Lipinski definition) is 1. The summed E-state index contributed by atoms with van der Waals surface area (Å²) in [6.07, 6.45) is 0. The summed E-state index contributed by atoms with van der Waals surface area (Å²) in [5.74, 6) is -1.02. The maximum absolute atomic E-state index is 12.8. The Kier molecular flexibility index (Phi) is 3.77. The lowest BCUT2D eigenvalue weighted by atomic mass is 10.1. The molecule has 4 nitrogen and oxygen atoms in total. The van der Waals surface area contributed by atoms with E-state index in [1.807, 2.05) is 0 Å². The van der Waals surface area contributed by atoms with Crippen molar-refractivity contribution in [2.24, 2.45) is 0 Å². The molecule has 0 radical (unpaired) electrons. The fourth-order valence-electron chi connectivity index (χ4n) is 1.98. The summed E-state index contributed by atoms with van der Waals surface area (Å²) >= 11 is 3.32. The van der Waals surface area contributed by atoms with Gasteiger partial charge < -0.3 is 9.73 Å². The molecule has 110 valence electrons. The third kappa shape index (κ3) is 2.92. The van der Waals surface area contributed by atoms with Crippen molar-refractivity contribution in [2.45, 2.75) is 0 Å². The van der Waals surface area contributed by atoms with E-state index >= 15 is 0 Å². The van der Waals surface area contributed by atoms with Gasteiger partial charge in [-0.05, 0) is 48.5 Å². The molecule has 0 saturated carbocycles. The van der Waals surface area contributed by atoms with Gasteiger partial charge >= 0.3 is 5.63 Å². The van der Waals surface area contributed by atoms with Gasteiger partial charge in [-0.2, -0.15) is 0 Å². The van der Waals surface area contributed by atoms with E-state index < -0.39 is 17.3 Å². The van der Waals surface area contributed by atoms with Crippen molar-refractivity contribution in [2.75, 3.05) is 5.32 Å². The summed E-state index contributed by atoms with van der Waals surface area (Å²) in [5, 5.41) is 3.15. The van der Waals surface area contributed by atoms with E-state index in [0.717, 1.165) is 4.47 Å². The summed E-state index contributed by atoms with van der Waals surface area (Å²) < 4.78 is 18.8. The van der Waals surface area contributed by atoms with E-state index in [1.54, 1.807) is 18.2 Å². The minimum absolute atomic E-state index is 0.116. The number of amides is 1. The molecule has 0 unspecified atom stereocenters. The molecule has 6 heteroatoms. The predicted octanol–water partition coefficient (Wildman–Crippen LogP) is 3.95. The number of nitrogens with one attached hydrogen (secondary N) is 1. The van der Waals surface area contributed by atoms with Crippen molar-refractivity contribution < 1.29 is 13.6 Å². The fraction of sp³-hybridized carbons (Fsp3) is 0. The van der Waals surface area contributed by atoms with Crippen LogP contribution < -0.4 is 10.9 Å². The minimum Gasteiger partial charge on any atom is -0.422 e. The predicted molar refractivity (Wildman–Crippen MR) is 84.5 cm³/mol. The van der Waals surface area contributed by atoms with Gasteiger partial charge in [0, 0.05) is 15.5 Å². The van der Waals surface area contributed by atoms with E-state index in [4.69, 9.17) is 4.42 Å². The topological polar surface area (TPSA) is 59.3 Å². The smallest absolute Gasteiger partial charge is 0.349 e. The second-order valence-corrected chi connectivity index (χ2v) is 5.51. The summed E-state index contributed by atoms with van der Waals surface area (Å²) in [7, 11) is 0. The van der Waals surface area contributed by atoms with Gasteiger partial charge in [-0.25, -0.2) is 9.18 Å².